The average Bonchev–Trinajstić information content (AvgIpc) is 2.98. The number of aromatic nitrogens is 1. The molecule has 0 aliphatic rings. The van der Waals surface area contributed by atoms with Gasteiger partial charge in [0.05, 0.1) is 5.01 Å². The first kappa shape index (κ1) is 22.6. The lowest BCUT2D eigenvalue weighted by Gasteiger charge is -2.22. The molecule has 0 atom stereocenters. The molecule has 0 radical (unpaired) electrons. The van der Waals surface area contributed by atoms with E-state index in [-0.39, 0.29) is 29.7 Å². The fourth-order valence-electron chi connectivity index (χ4n) is 2.31. The second-order valence-corrected chi connectivity index (χ2v) is 6.79. The molecule has 1 aromatic heterocycles. The molecular formula is C17H23F2IN4OS. The van der Waals surface area contributed by atoms with Crippen LogP contribution in [-0.2, 0) is 13.0 Å². The molecule has 1 N–H and O–H groups in total. The molecule has 0 spiro atoms. The lowest BCUT2D eigenvalue weighted by Crippen LogP contribution is -2.39. The molecule has 0 unspecified atom stereocenters. The Morgan fingerprint density at radius 1 is 1.35 bits per heavy atom. The number of hydrogen-bond donors (Lipinski definition) is 1. The number of ether oxygens (including phenoxy) is 1. The number of halogens is 3. The summed E-state index contributed by atoms with van der Waals surface area (Å²) >= 11 is 1.69. The zero-order valence-corrected chi connectivity index (χ0v) is 18.1. The van der Waals surface area contributed by atoms with Gasteiger partial charge in [0.25, 0.3) is 0 Å². The predicted octanol–water partition coefficient (Wildman–Crippen LogP) is 3.92. The van der Waals surface area contributed by atoms with E-state index in [1.807, 2.05) is 25.1 Å². The number of alkyl halides is 2. The highest BCUT2D eigenvalue weighted by atomic mass is 127. The molecule has 2 aromatic rings. The number of benzene rings is 1. The summed E-state index contributed by atoms with van der Waals surface area (Å²) in [5.41, 5.74) is 0.975. The summed E-state index contributed by atoms with van der Waals surface area (Å²) in [6.07, 6.45) is 2.72. The molecule has 0 saturated carbocycles. The van der Waals surface area contributed by atoms with Crippen LogP contribution in [0.2, 0.25) is 0 Å². The first-order chi connectivity index (χ1) is 12.0. The Hall–Kier alpha value is -1.49. The number of nitrogens with one attached hydrogen (secondary N) is 1. The fraction of sp³-hybridized carbons (Fsp3) is 0.412. The summed E-state index contributed by atoms with van der Waals surface area (Å²) in [5, 5.41) is 4.40. The largest absolute Gasteiger partial charge is 0.435 e. The molecule has 0 aliphatic carbocycles. The summed E-state index contributed by atoms with van der Waals surface area (Å²) in [6.45, 7) is 0.577. The van der Waals surface area contributed by atoms with E-state index in [9.17, 15) is 8.78 Å². The Kier molecular flexibility index (Phi) is 9.78. The van der Waals surface area contributed by atoms with Crippen molar-refractivity contribution in [3.8, 4) is 5.75 Å². The molecule has 0 aliphatic heterocycles. The second-order valence-electron chi connectivity index (χ2n) is 5.47. The maximum atomic E-state index is 12.2. The van der Waals surface area contributed by atoms with Gasteiger partial charge in [0, 0.05) is 44.7 Å². The standard InChI is InChI=1S/C17H22F2N4OS.HI/c1-12-10-22-15(25-12)8-9-21-17(20-2)23(3)11-13-4-6-14(7-5-13)24-16(18)19;/h4-7,10,16H,8-9,11H2,1-3H3,(H,20,21);1H. The molecule has 0 saturated heterocycles. The van der Waals surface area contributed by atoms with Crippen LogP contribution in [0.25, 0.3) is 0 Å². The van der Waals surface area contributed by atoms with Crippen LogP contribution in [0.1, 0.15) is 15.4 Å². The molecule has 2 rings (SSSR count). The number of hydrogen-bond acceptors (Lipinski definition) is 4. The number of aliphatic imine (C=N–C) groups is 1. The van der Waals surface area contributed by atoms with E-state index in [1.54, 1.807) is 30.5 Å². The van der Waals surface area contributed by atoms with E-state index >= 15 is 0 Å². The minimum atomic E-state index is -2.81. The summed E-state index contributed by atoms with van der Waals surface area (Å²) < 4.78 is 28.7. The predicted molar refractivity (Wildman–Crippen MR) is 112 cm³/mol. The van der Waals surface area contributed by atoms with Gasteiger partial charge < -0.3 is 15.0 Å². The number of nitrogens with zero attached hydrogens (tertiary/aromatic N) is 3. The van der Waals surface area contributed by atoms with Gasteiger partial charge in [-0.15, -0.1) is 35.3 Å². The van der Waals surface area contributed by atoms with E-state index in [0.717, 1.165) is 29.5 Å². The van der Waals surface area contributed by atoms with Gasteiger partial charge in [-0.25, -0.2) is 4.98 Å². The van der Waals surface area contributed by atoms with Gasteiger partial charge in [-0.2, -0.15) is 8.78 Å². The van der Waals surface area contributed by atoms with Crippen LogP contribution in [0.3, 0.4) is 0 Å². The van der Waals surface area contributed by atoms with Gasteiger partial charge in [-0.05, 0) is 24.6 Å². The van der Waals surface area contributed by atoms with Gasteiger partial charge in [0.1, 0.15) is 5.75 Å². The van der Waals surface area contributed by atoms with Crippen molar-refractivity contribution < 1.29 is 13.5 Å². The van der Waals surface area contributed by atoms with Gasteiger partial charge in [-0.1, -0.05) is 12.1 Å². The molecule has 26 heavy (non-hydrogen) atoms. The van der Waals surface area contributed by atoms with Crippen molar-refractivity contribution in [1.29, 1.82) is 0 Å². The van der Waals surface area contributed by atoms with Crippen molar-refractivity contribution in [3.63, 3.8) is 0 Å². The Labute approximate surface area is 173 Å². The van der Waals surface area contributed by atoms with Gasteiger partial charge >= 0.3 is 6.61 Å². The Bertz CT molecular complexity index is 694. The van der Waals surface area contributed by atoms with E-state index in [0.29, 0.717) is 6.54 Å². The molecule has 0 fully saturated rings. The van der Waals surface area contributed by atoms with Crippen molar-refractivity contribution in [2.24, 2.45) is 4.99 Å². The van der Waals surface area contributed by atoms with E-state index in [2.05, 4.69) is 20.0 Å². The Morgan fingerprint density at radius 2 is 2.04 bits per heavy atom. The van der Waals surface area contributed by atoms with E-state index < -0.39 is 6.61 Å². The van der Waals surface area contributed by atoms with Crippen LogP contribution in [0.5, 0.6) is 5.75 Å². The van der Waals surface area contributed by atoms with Crippen molar-refractivity contribution in [1.82, 2.24) is 15.2 Å². The van der Waals surface area contributed by atoms with Gasteiger partial charge in [0.2, 0.25) is 0 Å². The highest BCUT2D eigenvalue weighted by Gasteiger charge is 2.08. The van der Waals surface area contributed by atoms with Gasteiger partial charge in [-0.3, -0.25) is 4.99 Å². The summed E-state index contributed by atoms with van der Waals surface area (Å²) in [6, 6.07) is 6.60. The molecule has 0 bridgehead atoms. The van der Waals surface area contributed by atoms with Crippen LogP contribution < -0.4 is 10.1 Å². The van der Waals surface area contributed by atoms with Crippen LogP contribution in [0.4, 0.5) is 8.78 Å². The second kappa shape index (κ2) is 11.3. The van der Waals surface area contributed by atoms with Crippen molar-refractivity contribution in [3.05, 3.63) is 45.9 Å². The smallest absolute Gasteiger partial charge is 0.387 e. The van der Waals surface area contributed by atoms with Crippen LogP contribution in [0.15, 0.2) is 35.5 Å². The van der Waals surface area contributed by atoms with Crippen molar-refractivity contribution in [2.45, 2.75) is 26.5 Å². The molecule has 5 nitrogen and oxygen atoms in total. The van der Waals surface area contributed by atoms with E-state index in [4.69, 9.17) is 0 Å². The fourth-order valence-corrected chi connectivity index (χ4v) is 3.09. The maximum Gasteiger partial charge on any atom is 0.387 e. The SMILES string of the molecule is CN=C(NCCc1ncc(C)s1)N(C)Cc1ccc(OC(F)F)cc1.I. The zero-order chi connectivity index (χ0) is 18.2. The lowest BCUT2D eigenvalue weighted by atomic mass is 10.2. The normalized spacial score (nSPS) is 11.2. The van der Waals surface area contributed by atoms with Crippen LogP contribution >= 0.6 is 35.3 Å². The number of thiazole rings is 1. The first-order valence-corrected chi connectivity index (χ1v) is 8.66. The quantitative estimate of drug-likeness (QED) is 0.359. The van der Waals surface area contributed by atoms with Crippen molar-refractivity contribution in [2.75, 3.05) is 20.6 Å². The topological polar surface area (TPSA) is 49.8 Å². The minimum Gasteiger partial charge on any atom is -0.435 e. The molecule has 1 aromatic carbocycles. The third kappa shape index (κ3) is 7.40. The zero-order valence-electron chi connectivity index (χ0n) is 14.9. The first-order valence-electron chi connectivity index (χ1n) is 7.84. The van der Waals surface area contributed by atoms with E-state index in [1.165, 1.54) is 17.0 Å². The highest BCUT2D eigenvalue weighted by molar-refractivity contribution is 14.0. The molecule has 9 heteroatoms. The van der Waals surface area contributed by atoms with Gasteiger partial charge in [0.15, 0.2) is 5.96 Å². The monoisotopic (exact) mass is 496 g/mol. The summed E-state index contributed by atoms with van der Waals surface area (Å²) in [7, 11) is 3.65. The van der Waals surface area contributed by atoms with Crippen LogP contribution in [-0.4, -0.2) is 43.1 Å². The third-order valence-electron chi connectivity index (χ3n) is 3.43. The third-order valence-corrected chi connectivity index (χ3v) is 4.41. The molecular weight excluding hydrogens is 473 g/mol. The lowest BCUT2D eigenvalue weighted by molar-refractivity contribution is -0.0498. The summed E-state index contributed by atoms with van der Waals surface area (Å²) in [5.74, 6) is 0.920. The van der Waals surface area contributed by atoms with Crippen molar-refractivity contribution >= 4 is 41.3 Å². The number of rotatable bonds is 7. The average molecular weight is 496 g/mol. The molecule has 0 amide bonds. The van der Waals surface area contributed by atoms with Crippen LogP contribution in [0, 0.1) is 6.92 Å². The maximum absolute atomic E-state index is 12.2. The Morgan fingerprint density at radius 3 is 2.58 bits per heavy atom. The molecule has 144 valence electrons. The number of guanidine groups is 1. The Balaban J connectivity index is 0.00000338. The summed E-state index contributed by atoms with van der Waals surface area (Å²) in [4.78, 5) is 11.8. The number of aryl methyl sites for hydroxylation is 1. The molecule has 1 heterocycles. The highest BCUT2D eigenvalue weighted by Crippen LogP contribution is 2.16. The minimum absolute atomic E-state index is 0.